The van der Waals surface area contributed by atoms with Crippen LogP contribution < -0.4 is 20.7 Å². The van der Waals surface area contributed by atoms with E-state index in [0.717, 1.165) is 28.8 Å². The van der Waals surface area contributed by atoms with Crippen LogP contribution in [0.2, 0.25) is 0 Å². The molecule has 0 bridgehead atoms. The maximum absolute atomic E-state index is 13.1. The fraction of sp³-hybridized carbons (Fsp3) is 0.333. The second kappa shape index (κ2) is 10.1. The summed E-state index contributed by atoms with van der Waals surface area (Å²) < 4.78 is 62.7. The van der Waals surface area contributed by atoms with Gasteiger partial charge in [0.25, 0.3) is 0 Å². The highest BCUT2D eigenvalue weighted by Crippen LogP contribution is 2.34. The zero-order valence-electron chi connectivity index (χ0n) is 19.4. The van der Waals surface area contributed by atoms with Crippen molar-refractivity contribution in [2.75, 3.05) is 0 Å². The summed E-state index contributed by atoms with van der Waals surface area (Å²) in [6.07, 6.45) is 0. The van der Waals surface area contributed by atoms with E-state index in [2.05, 4.69) is 9.47 Å². The Balaban J connectivity index is 2.27. The van der Waals surface area contributed by atoms with Crippen LogP contribution in [0.15, 0.2) is 46.2 Å². The molecule has 0 fully saturated rings. The summed E-state index contributed by atoms with van der Waals surface area (Å²) in [5.74, 6) is -1.11. The smallest absolute Gasteiger partial charge is 0.387 e. The number of aryl methyl sites for hydroxylation is 3. The monoisotopic (exact) mass is 479 g/mol. The van der Waals surface area contributed by atoms with Crippen LogP contribution in [0.4, 0.5) is 23.2 Å². The third-order valence-corrected chi connectivity index (χ3v) is 5.27. The SMILES string of the molecule is CCn1c(-c2ccc(OC(F)F)c(OC(F)F)c2)cc(=Nc2c(C)cc(C)cc2C)n(C)c1=O. The number of nitrogens with zero attached hydrogens (tertiary/aromatic N) is 3. The Bertz CT molecular complexity index is 1310. The maximum atomic E-state index is 13.1. The Kier molecular flexibility index (Phi) is 7.48. The van der Waals surface area contributed by atoms with Crippen molar-refractivity contribution in [1.82, 2.24) is 9.13 Å². The van der Waals surface area contributed by atoms with Crippen LogP contribution in [0.3, 0.4) is 0 Å². The predicted molar refractivity (Wildman–Crippen MR) is 120 cm³/mol. The second-order valence-electron chi connectivity index (χ2n) is 7.75. The Morgan fingerprint density at radius 1 is 0.912 bits per heavy atom. The lowest BCUT2D eigenvalue weighted by Gasteiger charge is -2.17. The molecule has 0 aliphatic rings. The molecule has 0 atom stereocenters. The van der Waals surface area contributed by atoms with Gasteiger partial charge >= 0.3 is 18.9 Å². The highest BCUT2D eigenvalue weighted by atomic mass is 19.3. The molecule has 3 rings (SSSR count). The van der Waals surface area contributed by atoms with Gasteiger partial charge in [0.1, 0.15) is 5.49 Å². The average molecular weight is 479 g/mol. The van der Waals surface area contributed by atoms with Gasteiger partial charge in [-0.1, -0.05) is 17.7 Å². The van der Waals surface area contributed by atoms with Gasteiger partial charge < -0.3 is 9.47 Å². The largest absolute Gasteiger partial charge is 0.431 e. The Morgan fingerprint density at radius 2 is 1.50 bits per heavy atom. The summed E-state index contributed by atoms with van der Waals surface area (Å²) in [6, 6.07) is 9.23. The number of hydrogen-bond donors (Lipinski definition) is 0. The fourth-order valence-electron chi connectivity index (χ4n) is 3.84. The standard InChI is InChI=1S/C24H25F4N3O3/c1-6-31-17(16-7-8-18(33-22(25)26)19(11-16)34-23(27)28)12-20(30(5)24(31)32)29-21-14(3)9-13(2)10-15(21)4/h7-12,22-23H,6H2,1-5H3. The third-order valence-electron chi connectivity index (χ3n) is 5.27. The van der Waals surface area contributed by atoms with E-state index >= 15 is 0 Å². The van der Waals surface area contributed by atoms with Crippen molar-refractivity contribution in [1.29, 1.82) is 0 Å². The van der Waals surface area contributed by atoms with Crippen molar-refractivity contribution >= 4 is 5.69 Å². The number of halogens is 4. The first-order valence-corrected chi connectivity index (χ1v) is 10.5. The quantitative estimate of drug-likeness (QED) is 0.436. The van der Waals surface area contributed by atoms with Crippen molar-refractivity contribution in [3.63, 3.8) is 0 Å². The number of rotatable bonds is 7. The number of aromatic nitrogens is 2. The van der Waals surface area contributed by atoms with Crippen LogP contribution in [0, 0.1) is 20.8 Å². The lowest BCUT2D eigenvalue weighted by molar-refractivity contribution is -0.0692. The van der Waals surface area contributed by atoms with Crippen molar-refractivity contribution in [3.8, 4) is 22.8 Å². The molecule has 0 saturated carbocycles. The molecular formula is C24H25F4N3O3. The average Bonchev–Trinajstić information content (AvgIpc) is 2.74. The molecule has 6 nitrogen and oxygen atoms in total. The lowest BCUT2D eigenvalue weighted by Crippen LogP contribution is -2.38. The zero-order chi connectivity index (χ0) is 25.2. The molecule has 3 aromatic rings. The minimum Gasteiger partial charge on any atom is -0.431 e. The van der Waals surface area contributed by atoms with Crippen LogP contribution in [0.5, 0.6) is 11.5 Å². The van der Waals surface area contributed by atoms with Crippen molar-refractivity contribution in [3.05, 3.63) is 69.1 Å². The summed E-state index contributed by atoms with van der Waals surface area (Å²) in [7, 11) is 1.58. The topological polar surface area (TPSA) is 57.8 Å². The van der Waals surface area contributed by atoms with Gasteiger partial charge in [-0.3, -0.25) is 9.13 Å². The van der Waals surface area contributed by atoms with E-state index in [0.29, 0.717) is 22.4 Å². The van der Waals surface area contributed by atoms with Crippen molar-refractivity contribution in [2.45, 2.75) is 47.5 Å². The Morgan fingerprint density at radius 3 is 2.06 bits per heavy atom. The molecule has 2 aromatic carbocycles. The summed E-state index contributed by atoms with van der Waals surface area (Å²) in [5, 5.41) is 0. The van der Waals surface area contributed by atoms with Crippen molar-refractivity contribution < 1.29 is 27.0 Å². The number of benzene rings is 2. The third kappa shape index (κ3) is 5.32. The maximum Gasteiger partial charge on any atom is 0.387 e. The van der Waals surface area contributed by atoms with Crippen LogP contribution in [0.1, 0.15) is 23.6 Å². The summed E-state index contributed by atoms with van der Waals surface area (Å²) in [4.78, 5) is 17.8. The number of hydrogen-bond acceptors (Lipinski definition) is 4. The minimum absolute atomic E-state index is 0.269. The molecule has 0 aliphatic heterocycles. The van der Waals surface area contributed by atoms with Gasteiger partial charge in [-0.2, -0.15) is 17.6 Å². The number of ether oxygens (including phenoxy) is 2. The summed E-state index contributed by atoms with van der Waals surface area (Å²) in [5.41, 5.74) is 4.26. The first-order valence-electron chi connectivity index (χ1n) is 10.5. The predicted octanol–water partition coefficient (Wildman–Crippen LogP) is 5.23. The minimum atomic E-state index is -3.25. The Hall–Kier alpha value is -3.56. The van der Waals surface area contributed by atoms with Gasteiger partial charge in [0.2, 0.25) is 0 Å². The molecule has 1 aromatic heterocycles. The zero-order valence-corrected chi connectivity index (χ0v) is 19.4. The molecule has 0 spiro atoms. The second-order valence-corrected chi connectivity index (χ2v) is 7.75. The van der Waals surface area contributed by atoms with E-state index in [4.69, 9.17) is 4.99 Å². The van der Waals surface area contributed by atoms with Gasteiger partial charge in [-0.15, -0.1) is 0 Å². The van der Waals surface area contributed by atoms with E-state index in [1.807, 2.05) is 32.9 Å². The van der Waals surface area contributed by atoms with Crippen LogP contribution in [-0.4, -0.2) is 22.4 Å². The van der Waals surface area contributed by atoms with Crippen LogP contribution in [-0.2, 0) is 13.6 Å². The molecule has 0 amide bonds. The molecule has 0 N–H and O–H groups in total. The summed E-state index contributed by atoms with van der Waals surface area (Å²) >= 11 is 0. The van der Waals surface area contributed by atoms with E-state index < -0.39 is 24.7 Å². The first-order chi connectivity index (χ1) is 16.0. The number of alkyl halides is 4. The van der Waals surface area contributed by atoms with Gasteiger partial charge in [-0.05, 0) is 57.0 Å². The molecule has 0 radical (unpaired) electrons. The normalized spacial score (nSPS) is 12.0. The molecule has 182 valence electrons. The summed E-state index contributed by atoms with van der Waals surface area (Å²) in [6.45, 7) is 1.36. The lowest BCUT2D eigenvalue weighted by atomic mass is 10.1. The van der Waals surface area contributed by atoms with Crippen LogP contribution in [0.25, 0.3) is 11.3 Å². The van der Waals surface area contributed by atoms with Crippen LogP contribution >= 0.6 is 0 Å². The van der Waals surface area contributed by atoms with E-state index in [1.54, 1.807) is 20.0 Å². The van der Waals surface area contributed by atoms with E-state index in [1.165, 1.54) is 15.2 Å². The molecule has 0 saturated heterocycles. The van der Waals surface area contributed by atoms with Crippen molar-refractivity contribution in [2.24, 2.45) is 12.0 Å². The van der Waals surface area contributed by atoms with E-state index in [9.17, 15) is 22.4 Å². The van der Waals surface area contributed by atoms with E-state index in [-0.39, 0.29) is 12.2 Å². The molecule has 10 heteroatoms. The van der Waals surface area contributed by atoms with Gasteiger partial charge in [0.15, 0.2) is 11.5 Å². The Labute approximate surface area is 193 Å². The molecular weight excluding hydrogens is 454 g/mol. The van der Waals surface area contributed by atoms with Gasteiger partial charge in [0, 0.05) is 25.2 Å². The molecule has 0 unspecified atom stereocenters. The molecule has 1 heterocycles. The fourth-order valence-corrected chi connectivity index (χ4v) is 3.84. The highest BCUT2D eigenvalue weighted by Gasteiger charge is 2.18. The van der Waals surface area contributed by atoms with Gasteiger partial charge in [-0.25, -0.2) is 9.79 Å². The first kappa shape index (κ1) is 25.1. The van der Waals surface area contributed by atoms with Gasteiger partial charge in [0.05, 0.1) is 11.4 Å². The highest BCUT2D eigenvalue weighted by molar-refractivity contribution is 5.64. The molecule has 34 heavy (non-hydrogen) atoms. The molecule has 0 aliphatic carbocycles.